The van der Waals surface area contributed by atoms with E-state index in [9.17, 15) is 4.79 Å². The highest BCUT2D eigenvalue weighted by atomic mass is 79.9. The van der Waals surface area contributed by atoms with Crippen LogP contribution >= 0.6 is 28.6 Å². The van der Waals surface area contributed by atoms with Gasteiger partial charge in [-0.3, -0.25) is 4.79 Å². The van der Waals surface area contributed by atoms with Gasteiger partial charge in [-0.15, -0.1) is 12.6 Å². The zero-order valence-electron chi connectivity index (χ0n) is 9.52. The van der Waals surface area contributed by atoms with Crippen LogP contribution < -0.4 is 0 Å². The minimum absolute atomic E-state index is 0.00303. The fourth-order valence-electron chi connectivity index (χ4n) is 1.86. The summed E-state index contributed by atoms with van der Waals surface area (Å²) in [5, 5.41) is 0. The number of rotatable bonds is 2. The Morgan fingerprint density at radius 1 is 1.59 bits per heavy atom. The van der Waals surface area contributed by atoms with Crippen molar-refractivity contribution in [2.45, 2.75) is 17.4 Å². The number of thiol groups is 1. The van der Waals surface area contributed by atoms with Crippen LogP contribution in [0, 0.1) is 0 Å². The molecule has 5 heteroatoms. The molecule has 0 N–H and O–H groups in total. The summed E-state index contributed by atoms with van der Waals surface area (Å²) in [7, 11) is 1.82. The van der Waals surface area contributed by atoms with E-state index in [4.69, 9.17) is 4.74 Å². The molecule has 3 nitrogen and oxygen atoms in total. The molecule has 1 atom stereocenters. The third-order valence-corrected chi connectivity index (χ3v) is 3.92. The molecular formula is C12H14BrNO2S. The second kappa shape index (κ2) is 5.42. The Hall–Kier alpha value is -0.520. The van der Waals surface area contributed by atoms with E-state index in [2.05, 4.69) is 28.6 Å². The van der Waals surface area contributed by atoms with Gasteiger partial charge in [0.1, 0.15) is 0 Å². The van der Waals surface area contributed by atoms with E-state index in [1.54, 1.807) is 11.0 Å². The van der Waals surface area contributed by atoms with Crippen LogP contribution in [0.3, 0.4) is 0 Å². The van der Waals surface area contributed by atoms with Crippen molar-refractivity contribution >= 4 is 34.5 Å². The number of carbonyl (C=O) groups excluding carboxylic acids is 1. The van der Waals surface area contributed by atoms with Crippen LogP contribution in [0.2, 0.25) is 0 Å². The number of amides is 1. The molecule has 1 fully saturated rings. The van der Waals surface area contributed by atoms with Gasteiger partial charge in [-0.2, -0.15) is 0 Å². The lowest BCUT2D eigenvalue weighted by atomic mass is 10.1. The molecule has 17 heavy (non-hydrogen) atoms. The van der Waals surface area contributed by atoms with E-state index >= 15 is 0 Å². The number of benzene rings is 1. The van der Waals surface area contributed by atoms with Crippen molar-refractivity contribution in [1.29, 1.82) is 0 Å². The van der Waals surface area contributed by atoms with Crippen LogP contribution in [-0.2, 0) is 4.74 Å². The molecule has 1 aliphatic rings. The van der Waals surface area contributed by atoms with Gasteiger partial charge in [-0.05, 0) is 40.5 Å². The van der Waals surface area contributed by atoms with Crippen LogP contribution in [0.4, 0.5) is 0 Å². The predicted octanol–water partition coefficient (Wildman–Crippen LogP) is 2.60. The molecule has 0 aromatic heterocycles. The Morgan fingerprint density at radius 3 is 3.00 bits per heavy atom. The zero-order valence-corrected chi connectivity index (χ0v) is 12.0. The molecule has 0 radical (unpaired) electrons. The summed E-state index contributed by atoms with van der Waals surface area (Å²) in [6.07, 6.45) is 0.903. The first-order valence-electron chi connectivity index (χ1n) is 5.43. The first-order valence-corrected chi connectivity index (χ1v) is 6.67. The minimum atomic E-state index is 0.00303. The van der Waals surface area contributed by atoms with Crippen molar-refractivity contribution in [3.8, 4) is 0 Å². The molecule has 1 aliphatic heterocycles. The van der Waals surface area contributed by atoms with Gasteiger partial charge in [0, 0.05) is 23.0 Å². The maximum Gasteiger partial charge on any atom is 0.255 e. The summed E-state index contributed by atoms with van der Waals surface area (Å²) in [6.45, 7) is 1.36. The number of likely N-dealkylation sites (N-methyl/N-ethyl adjacent to an activating group) is 1. The summed E-state index contributed by atoms with van der Waals surface area (Å²) in [5.74, 6) is 0.00303. The molecule has 0 aliphatic carbocycles. The Labute approximate surface area is 115 Å². The molecule has 0 saturated carbocycles. The molecule has 1 aromatic carbocycles. The maximum atomic E-state index is 12.3. The monoisotopic (exact) mass is 315 g/mol. The molecule has 1 heterocycles. The normalized spacial score (nSPS) is 19.4. The number of nitrogens with zero attached hydrogens (tertiary/aromatic N) is 1. The summed E-state index contributed by atoms with van der Waals surface area (Å²) in [5.41, 5.74) is 0.645. The number of carbonyl (C=O) groups is 1. The SMILES string of the molecule is CN(C(=O)c1cc(S)ccc1Br)C1CCOC1. The first kappa shape index (κ1) is 12.9. The quantitative estimate of drug-likeness (QED) is 0.850. The summed E-state index contributed by atoms with van der Waals surface area (Å²) < 4.78 is 6.09. The van der Waals surface area contributed by atoms with Gasteiger partial charge in [0.25, 0.3) is 5.91 Å². The molecule has 1 amide bonds. The summed E-state index contributed by atoms with van der Waals surface area (Å²) in [4.78, 5) is 14.8. The molecule has 0 bridgehead atoms. The van der Waals surface area contributed by atoms with Crippen LogP contribution in [0.5, 0.6) is 0 Å². The third-order valence-electron chi connectivity index (χ3n) is 2.95. The molecule has 1 unspecified atom stereocenters. The van der Waals surface area contributed by atoms with E-state index in [1.165, 1.54) is 0 Å². The third kappa shape index (κ3) is 2.84. The number of halogens is 1. The van der Waals surface area contributed by atoms with Crippen LogP contribution in [0.15, 0.2) is 27.6 Å². The van der Waals surface area contributed by atoms with Gasteiger partial charge >= 0.3 is 0 Å². The highest BCUT2D eigenvalue weighted by Gasteiger charge is 2.25. The number of hydrogen-bond acceptors (Lipinski definition) is 3. The highest BCUT2D eigenvalue weighted by Crippen LogP contribution is 2.23. The van der Waals surface area contributed by atoms with Crippen molar-refractivity contribution < 1.29 is 9.53 Å². The number of hydrogen-bond donors (Lipinski definition) is 1. The lowest BCUT2D eigenvalue weighted by Crippen LogP contribution is -2.37. The van der Waals surface area contributed by atoms with E-state index in [0.717, 1.165) is 22.4 Å². The molecule has 92 valence electrons. The Kier molecular flexibility index (Phi) is 4.12. The van der Waals surface area contributed by atoms with E-state index < -0.39 is 0 Å². The molecule has 2 rings (SSSR count). The van der Waals surface area contributed by atoms with Crippen molar-refractivity contribution in [2.24, 2.45) is 0 Å². The maximum absolute atomic E-state index is 12.3. The van der Waals surface area contributed by atoms with Gasteiger partial charge in [-0.1, -0.05) is 0 Å². The molecular weight excluding hydrogens is 302 g/mol. The van der Waals surface area contributed by atoms with E-state index in [1.807, 2.05) is 19.2 Å². The largest absolute Gasteiger partial charge is 0.379 e. The standard InChI is InChI=1S/C12H14BrNO2S/c1-14(8-4-5-16-7-8)12(15)10-6-9(17)2-3-11(10)13/h2-3,6,8,17H,4-5,7H2,1H3. The average molecular weight is 316 g/mol. The molecule has 1 aromatic rings. The van der Waals surface area contributed by atoms with Gasteiger partial charge in [0.2, 0.25) is 0 Å². The van der Waals surface area contributed by atoms with E-state index in [-0.39, 0.29) is 11.9 Å². The Balaban J connectivity index is 2.20. The molecule has 1 saturated heterocycles. The first-order chi connectivity index (χ1) is 8.09. The zero-order chi connectivity index (χ0) is 12.4. The second-order valence-electron chi connectivity index (χ2n) is 4.10. The topological polar surface area (TPSA) is 29.5 Å². The van der Waals surface area contributed by atoms with Gasteiger partial charge in [0.05, 0.1) is 18.2 Å². The molecule has 0 spiro atoms. The Morgan fingerprint density at radius 2 is 2.35 bits per heavy atom. The average Bonchev–Trinajstić information content (AvgIpc) is 2.84. The summed E-state index contributed by atoms with van der Waals surface area (Å²) in [6, 6.07) is 5.65. The lowest BCUT2D eigenvalue weighted by Gasteiger charge is -2.23. The van der Waals surface area contributed by atoms with Gasteiger partial charge < -0.3 is 9.64 Å². The smallest absolute Gasteiger partial charge is 0.255 e. The minimum Gasteiger partial charge on any atom is -0.379 e. The predicted molar refractivity (Wildman–Crippen MR) is 72.7 cm³/mol. The van der Waals surface area contributed by atoms with Gasteiger partial charge in [-0.25, -0.2) is 0 Å². The van der Waals surface area contributed by atoms with Crippen molar-refractivity contribution in [2.75, 3.05) is 20.3 Å². The lowest BCUT2D eigenvalue weighted by molar-refractivity contribution is 0.0710. The van der Waals surface area contributed by atoms with E-state index in [0.29, 0.717) is 12.2 Å². The van der Waals surface area contributed by atoms with Gasteiger partial charge in [0.15, 0.2) is 0 Å². The van der Waals surface area contributed by atoms with Crippen LogP contribution in [0.1, 0.15) is 16.8 Å². The van der Waals surface area contributed by atoms with Crippen LogP contribution in [0.25, 0.3) is 0 Å². The van der Waals surface area contributed by atoms with Crippen molar-refractivity contribution in [1.82, 2.24) is 4.90 Å². The fourth-order valence-corrected chi connectivity index (χ4v) is 2.48. The number of ether oxygens (including phenoxy) is 1. The highest BCUT2D eigenvalue weighted by molar-refractivity contribution is 9.10. The van der Waals surface area contributed by atoms with Crippen molar-refractivity contribution in [3.63, 3.8) is 0 Å². The fraction of sp³-hybridized carbons (Fsp3) is 0.417. The summed E-state index contributed by atoms with van der Waals surface area (Å²) >= 11 is 7.65. The van der Waals surface area contributed by atoms with Crippen molar-refractivity contribution in [3.05, 3.63) is 28.2 Å². The van der Waals surface area contributed by atoms with Crippen LogP contribution in [-0.4, -0.2) is 37.1 Å². The Bertz CT molecular complexity index is 433. The second-order valence-corrected chi connectivity index (χ2v) is 5.47.